The fourth-order valence-corrected chi connectivity index (χ4v) is 5.02. The summed E-state index contributed by atoms with van der Waals surface area (Å²) >= 11 is 6.12. The second kappa shape index (κ2) is 12.1. The number of anilines is 1. The van der Waals surface area contributed by atoms with Gasteiger partial charge in [-0.3, -0.25) is 0 Å². The Hall–Kier alpha value is -3.55. The van der Waals surface area contributed by atoms with Crippen LogP contribution in [0.15, 0.2) is 66.7 Å². The SMILES string of the molecule is CC(C)(C)OC(=O)NCc1ccc(-c2ccc(Cl)cc2)c([C@H](O)C2CCN(c3ccc(C(=O)O)cc3)CC2)c1. The second-order valence-corrected chi connectivity index (χ2v) is 11.3. The summed E-state index contributed by atoms with van der Waals surface area (Å²) in [7, 11) is 0. The predicted molar refractivity (Wildman–Crippen MR) is 153 cm³/mol. The number of aliphatic hydroxyl groups excluding tert-OH is 1. The van der Waals surface area contributed by atoms with Gasteiger partial charge in [-0.25, -0.2) is 9.59 Å². The summed E-state index contributed by atoms with van der Waals surface area (Å²) in [5.74, 6) is -0.900. The highest BCUT2D eigenvalue weighted by Gasteiger charge is 2.28. The molecule has 0 saturated carbocycles. The zero-order valence-corrected chi connectivity index (χ0v) is 23.2. The molecule has 0 radical (unpaired) electrons. The van der Waals surface area contributed by atoms with Crippen LogP contribution in [-0.2, 0) is 11.3 Å². The Labute approximate surface area is 234 Å². The lowest BCUT2D eigenvalue weighted by Gasteiger charge is -2.36. The zero-order valence-electron chi connectivity index (χ0n) is 22.5. The number of carbonyl (C=O) groups excluding carboxylic acids is 1. The average molecular weight is 551 g/mol. The normalized spacial score (nSPS) is 15.1. The molecule has 1 atom stereocenters. The number of piperidine rings is 1. The van der Waals surface area contributed by atoms with Gasteiger partial charge in [0, 0.05) is 30.3 Å². The summed E-state index contributed by atoms with van der Waals surface area (Å²) in [4.78, 5) is 25.6. The summed E-state index contributed by atoms with van der Waals surface area (Å²) in [5.41, 5.74) is 4.21. The summed E-state index contributed by atoms with van der Waals surface area (Å²) in [6, 6.07) is 20.3. The molecule has 7 nitrogen and oxygen atoms in total. The van der Waals surface area contributed by atoms with Crippen molar-refractivity contribution in [2.24, 2.45) is 5.92 Å². The van der Waals surface area contributed by atoms with E-state index in [1.807, 2.05) is 75.4 Å². The van der Waals surface area contributed by atoms with Gasteiger partial charge in [0.1, 0.15) is 5.60 Å². The number of alkyl carbamates (subject to hydrolysis) is 1. The van der Waals surface area contributed by atoms with Gasteiger partial charge in [0.2, 0.25) is 0 Å². The van der Waals surface area contributed by atoms with Crippen molar-refractivity contribution < 1.29 is 24.5 Å². The number of nitrogens with zero attached hydrogens (tertiary/aromatic N) is 1. The lowest BCUT2D eigenvalue weighted by Crippen LogP contribution is -2.35. The minimum Gasteiger partial charge on any atom is -0.478 e. The van der Waals surface area contributed by atoms with Crippen LogP contribution >= 0.6 is 11.6 Å². The first-order valence-electron chi connectivity index (χ1n) is 13.1. The summed E-state index contributed by atoms with van der Waals surface area (Å²) in [6.07, 6.45) is 0.369. The van der Waals surface area contributed by atoms with Gasteiger partial charge >= 0.3 is 12.1 Å². The predicted octanol–water partition coefficient (Wildman–Crippen LogP) is 6.68. The van der Waals surface area contributed by atoms with Gasteiger partial charge in [-0.1, -0.05) is 41.9 Å². The molecule has 1 amide bonds. The van der Waals surface area contributed by atoms with E-state index in [0.717, 1.165) is 53.9 Å². The van der Waals surface area contributed by atoms with Crippen LogP contribution in [-0.4, -0.2) is 41.0 Å². The van der Waals surface area contributed by atoms with Crippen LogP contribution in [0.1, 0.15) is 61.2 Å². The van der Waals surface area contributed by atoms with E-state index in [-0.39, 0.29) is 18.0 Å². The number of benzene rings is 3. The lowest BCUT2D eigenvalue weighted by atomic mass is 9.83. The molecular weight excluding hydrogens is 516 g/mol. The van der Waals surface area contributed by atoms with Crippen LogP contribution in [0, 0.1) is 5.92 Å². The Morgan fingerprint density at radius 2 is 1.67 bits per heavy atom. The highest BCUT2D eigenvalue weighted by Crippen LogP contribution is 2.38. The van der Waals surface area contributed by atoms with Crippen LogP contribution < -0.4 is 10.2 Å². The van der Waals surface area contributed by atoms with Crippen molar-refractivity contribution in [3.05, 3.63) is 88.4 Å². The minimum atomic E-state index is -0.941. The van der Waals surface area contributed by atoms with Gasteiger partial charge in [0.05, 0.1) is 11.7 Å². The number of nitrogens with one attached hydrogen (secondary N) is 1. The van der Waals surface area contributed by atoms with Gasteiger partial charge in [-0.15, -0.1) is 0 Å². The fourth-order valence-electron chi connectivity index (χ4n) is 4.89. The summed E-state index contributed by atoms with van der Waals surface area (Å²) in [5, 5.41) is 24.2. The Kier molecular flexibility index (Phi) is 8.83. The van der Waals surface area contributed by atoms with E-state index in [0.29, 0.717) is 5.02 Å². The monoisotopic (exact) mass is 550 g/mol. The van der Waals surface area contributed by atoms with E-state index in [4.69, 9.17) is 21.4 Å². The van der Waals surface area contributed by atoms with Crippen LogP contribution in [0.5, 0.6) is 0 Å². The average Bonchev–Trinajstić information content (AvgIpc) is 2.91. The molecule has 8 heteroatoms. The number of aliphatic hydroxyl groups is 1. The maximum Gasteiger partial charge on any atom is 0.407 e. The maximum absolute atomic E-state index is 12.2. The van der Waals surface area contributed by atoms with Crippen LogP contribution in [0.4, 0.5) is 10.5 Å². The number of aromatic carboxylic acids is 1. The molecule has 206 valence electrons. The molecular formula is C31H35ClN2O5. The molecule has 1 heterocycles. The van der Waals surface area contributed by atoms with Crippen molar-refractivity contribution in [3.63, 3.8) is 0 Å². The minimum absolute atomic E-state index is 0.0414. The van der Waals surface area contributed by atoms with E-state index >= 15 is 0 Å². The molecule has 3 N–H and O–H groups in total. The Balaban J connectivity index is 1.51. The summed E-state index contributed by atoms with van der Waals surface area (Å²) < 4.78 is 5.36. The smallest absolute Gasteiger partial charge is 0.407 e. The highest BCUT2D eigenvalue weighted by atomic mass is 35.5. The molecule has 3 aromatic carbocycles. The number of carboxylic acids is 1. The highest BCUT2D eigenvalue weighted by molar-refractivity contribution is 6.30. The standard InChI is InChI=1S/C31H35ClN2O5/c1-31(2,3)39-30(38)33-19-20-4-13-26(21-5-9-24(32)10-6-21)27(18-20)28(35)22-14-16-34(17-15-22)25-11-7-23(8-12-25)29(36)37/h4-13,18,22,28,35H,14-17,19H2,1-3H3,(H,33,38)(H,36,37)/t28-/m1/s1. The Bertz CT molecular complexity index is 1290. The lowest BCUT2D eigenvalue weighted by molar-refractivity contribution is 0.0523. The first-order chi connectivity index (χ1) is 18.5. The zero-order chi connectivity index (χ0) is 28.2. The fraction of sp³-hybridized carbons (Fsp3) is 0.355. The largest absolute Gasteiger partial charge is 0.478 e. The van der Waals surface area contributed by atoms with Crippen molar-refractivity contribution in [2.75, 3.05) is 18.0 Å². The number of carboxylic acid groups (broad SMARTS) is 1. The number of ether oxygens (including phenoxy) is 1. The van der Waals surface area contributed by atoms with Gasteiger partial charge in [0.25, 0.3) is 0 Å². The molecule has 4 rings (SSSR count). The van der Waals surface area contributed by atoms with Crippen molar-refractivity contribution in [3.8, 4) is 11.1 Å². The second-order valence-electron chi connectivity index (χ2n) is 10.9. The molecule has 1 fully saturated rings. The maximum atomic E-state index is 12.2. The first-order valence-corrected chi connectivity index (χ1v) is 13.5. The topological polar surface area (TPSA) is 99.1 Å². The molecule has 1 aliphatic heterocycles. The number of carbonyl (C=O) groups is 2. The van der Waals surface area contributed by atoms with Gasteiger partial charge in [-0.05, 0) is 98.2 Å². The van der Waals surface area contributed by atoms with Gasteiger partial charge < -0.3 is 25.2 Å². The number of rotatable bonds is 7. The molecule has 3 aromatic rings. The van der Waals surface area contributed by atoms with E-state index in [1.165, 1.54) is 0 Å². The quantitative estimate of drug-likeness (QED) is 0.303. The Morgan fingerprint density at radius 1 is 1.03 bits per heavy atom. The number of halogens is 1. The molecule has 39 heavy (non-hydrogen) atoms. The van der Waals surface area contributed by atoms with Crippen LogP contribution in [0.2, 0.25) is 5.02 Å². The molecule has 0 aliphatic carbocycles. The van der Waals surface area contributed by atoms with Crippen LogP contribution in [0.3, 0.4) is 0 Å². The molecule has 0 aromatic heterocycles. The van der Waals surface area contributed by atoms with E-state index in [2.05, 4.69) is 10.2 Å². The third-order valence-electron chi connectivity index (χ3n) is 6.89. The molecule has 1 saturated heterocycles. The number of hydrogen-bond acceptors (Lipinski definition) is 5. The van der Waals surface area contributed by atoms with Crippen LogP contribution in [0.25, 0.3) is 11.1 Å². The number of amides is 1. The van der Waals surface area contributed by atoms with Crippen molar-refractivity contribution in [2.45, 2.75) is 51.9 Å². The van der Waals surface area contributed by atoms with Gasteiger partial charge in [-0.2, -0.15) is 0 Å². The first kappa shape index (κ1) is 28.5. The number of hydrogen-bond donors (Lipinski definition) is 3. The third-order valence-corrected chi connectivity index (χ3v) is 7.14. The Morgan fingerprint density at radius 3 is 2.26 bits per heavy atom. The summed E-state index contributed by atoms with van der Waals surface area (Å²) in [6.45, 7) is 7.24. The van der Waals surface area contributed by atoms with Crippen molar-refractivity contribution in [1.29, 1.82) is 0 Å². The van der Waals surface area contributed by atoms with Crippen molar-refractivity contribution in [1.82, 2.24) is 5.32 Å². The molecule has 0 unspecified atom stereocenters. The third kappa shape index (κ3) is 7.52. The van der Waals surface area contributed by atoms with E-state index < -0.39 is 23.8 Å². The molecule has 0 spiro atoms. The van der Waals surface area contributed by atoms with Crippen molar-refractivity contribution >= 4 is 29.4 Å². The molecule has 1 aliphatic rings. The molecule has 0 bridgehead atoms. The van der Waals surface area contributed by atoms with Gasteiger partial charge in [0.15, 0.2) is 0 Å². The van der Waals surface area contributed by atoms with E-state index in [1.54, 1.807) is 12.1 Å². The van der Waals surface area contributed by atoms with E-state index in [9.17, 15) is 14.7 Å².